The zero-order valence-electron chi connectivity index (χ0n) is 11.8. The van der Waals surface area contributed by atoms with E-state index in [-0.39, 0.29) is 10.6 Å². The molecule has 0 aliphatic rings. The molecule has 0 heterocycles. The summed E-state index contributed by atoms with van der Waals surface area (Å²) in [7, 11) is -4.13. The summed E-state index contributed by atoms with van der Waals surface area (Å²) in [5.74, 6) is 0. The van der Waals surface area contributed by atoms with Crippen molar-refractivity contribution in [3.8, 4) is 0 Å². The monoisotopic (exact) mass is 316 g/mol. The Balaban J connectivity index is 2.87. The van der Waals surface area contributed by atoms with Gasteiger partial charge in [-0.1, -0.05) is 6.92 Å². The predicted octanol–water partition coefficient (Wildman–Crippen LogP) is 2.20. The quantitative estimate of drug-likeness (QED) is 0.657. The molecule has 1 N–H and O–H groups in total. The first kappa shape index (κ1) is 16.9. The van der Waals surface area contributed by atoms with Crippen LogP contribution in [0.15, 0.2) is 29.2 Å². The number of carbonyl (C=O) groups is 1. The minimum Gasteiger partial charge on any atom is -0.443 e. The van der Waals surface area contributed by atoms with E-state index in [9.17, 15) is 23.3 Å². The van der Waals surface area contributed by atoms with Crippen LogP contribution in [0.2, 0.25) is 0 Å². The molecule has 1 rings (SSSR count). The van der Waals surface area contributed by atoms with Crippen molar-refractivity contribution in [2.45, 2.75) is 37.7 Å². The first-order valence-electron chi connectivity index (χ1n) is 6.07. The lowest BCUT2D eigenvalue weighted by molar-refractivity contribution is -0.384. The molecule has 0 fully saturated rings. The second-order valence-electron chi connectivity index (χ2n) is 4.86. The molecular formula is C12H16N2O6S. The number of ether oxygens (including phenoxy) is 1. The highest BCUT2D eigenvalue weighted by molar-refractivity contribution is 7.90. The van der Waals surface area contributed by atoms with Crippen LogP contribution >= 0.6 is 0 Å². The number of sulfonamides is 1. The van der Waals surface area contributed by atoms with Crippen LogP contribution in [0.1, 0.15) is 27.2 Å². The van der Waals surface area contributed by atoms with Gasteiger partial charge in [0.2, 0.25) is 0 Å². The van der Waals surface area contributed by atoms with E-state index in [0.717, 1.165) is 24.3 Å². The molecule has 0 aliphatic heterocycles. The summed E-state index contributed by atoms with van der Waals surface area (Å²) in [6.45, 7) is 5.08. The Morgan fingerprint density at radius 2 is 1.86 bits per heavy atom. The number of nitro groups is 1. The molecule has 0 atom stereocenters. The van der Waals surface area contributed by atoms with Gasteiger partial charge in [-0.3, -0.25) is 10.1 Å². The topological polar surface area (TPSA) is 116 Å². The van der Waals surface area contributed by atoms with Crippen molar-refractivity contribution in [2.24, 2.45) is 0 Å². The standard InChI is InChI=1S/C12H16N2O6S/c1-4-12(2,3)20-11(15)13-21(18,19)10-7-5-9(6-8-10)14(16)17/h5-8H,4H2,1-3H3,(H,13,15). The normalized spacial score (nSPS) is 11.8. The van der Waals surface area contributed by atoms with Gasteiger partial charge in [-0.2, -0.15) is 0 Å². The molecule has 1 aromatic rings. The highest BCUT2D eigenvalue weighted by atomic mass is 32.2. The first-order chi connectivity index (χ1) is 9.57. The molecule has 116 valence electrons. The van der Waals surface area contributed by atoms with Gasteiger partial charge >= 0.3 is 6.09 Å². The average Bonchev–Trinajstić information content (AvgIpc) is 2.37. The van der Waals surface area contributed by atoms with Crippen molar-refractivity contribution in [2.75, 3.05) is 0 Å². The fraction of sp³-hybridized carbons (Fsp3) is 0.417. The summed E-state index contributed by atoms with van der Waals surface area (Å²) >= 11 is 0. The van der Waals surface area contributed by atoms with Gasteiger partial charge in [0.1, 0.15) is 5.60 Å². The Labute approximate surface area is 122 Å². The molecule has 1 amide bonds. The number of hydrogen-bond acceptors (Lipinski definition) is 6. The Morgan fingerprint density at radius 3 is 2.29 bits per heavy atom. The van der Waals surface area contributed by atoms with E-state index >= 15 is 0 Å². The lowest BCUT2D eigenvalue weighted by atomic mass is 10.1. The van der Waals surface area contributed by atoms with Gasteiger partial charge in [0.25, 0.3) is 15.7 Å². The second-order valence-corrected chi connectivity index (χ2v) is 6.54. The Kier molecular flexibility index (Phi) is 4.89. The molecule has 1 aromatic carbocycles. The number of nitrogens with one attached hydrogen (secondary N) is 1. The number of nitrogens with zero attached hydrogens (tertiary/aromatic N) is 1. The van der Waals surface area contributed by atoms with Crippen molar-refractivity contribution in [3.63, 3.8) is 0 Å². The molecular weight excluding hydrogens is 300 g/mol. The maximum atomic E-state index is 11.9. The van der Waals surface area contributed by atoms with Gasteiger partial charge in [-0.05, 0) is 32.4 Å². The summed E-state index contributed by atoms with van der Waals surface area (Å²) in [6, 6.07) is 4.16. The van der Waals surface area contributed by atoms with Crippen LogP contribution < -0.4 is 4.72 Å². The molecule has 0 bridgehead atoms. The molecule has 0 aromatic heterocycles. The number of non-ortho nitro benzene ring substituents is 1. The number of amides is 1. The molecule has 0 saturated heterocycles. The maximum Gasteiger partial charge on any atom is 0.421 e. The maximum absolute atomic E-state index is 11.9. The van der Waals surface area contributed by atoms with Gasteiger partial charge in [0.15, 0.2) is 0 Å². The summed E-state index contributed by atoms with van der Waals surface area (Å²) in [5.41, 5.74) is -1.04. The molecule has 21 heavy (non-hydrogen) atoms. The van der Waals surface area contributed by atoms with Crippen molar-refractivity contribution in [3.05, 3.63) is 34.4 Å². The number of carbonyl (C=O) groups excluding carboxylic acids is 1. The minimum absolute atomic E-state index is 0.247. The SMILES string of the molecule is CCC(C)(C)OC(=O)NS(=O)(=O)c1ccc([N+](=O)[O-])cc1. The lowest BCUT2D eigenvalue weighted by Crippen LogP contribution is -2.37. The summed E-state index contributed by atoms with van der Waals surface area (Å²) < 4.78 is 30.6. The molecule has 0 unspecified atom stereocenters. The first-order valence-corrected chi connectivity index (χ1v) is 7.56. The number of rotatable bonds is 5. The fourth-order valence-electron chi connectivity index (χ4n) is 1.26. The van der Waals surface area contributed by atoms with Gasteiger partial charge in [-0.25, -0.2) is 17.9 Å². The van der Waals surface area contributed by atoms with Gasteiger partial charge < -0.3 is 4.74 Å². The van der Waals surface area contributed by atoms with Gasteiger partial charge in [0, 0.05) is 12.1 Å². The van der Waals surface area contributed by atoms with Crippen molar-refractivity contribution in [1.82, 2.24) is 4.72 Å². The van der Waals surface area contributed by atoms with Crippen LogP contribution in [0.25, 0.3) is 0 Å². The Morgan fingerprint density at radius 1 is 1.33 bits per heavy atom. The van der Waals surface area contributed by atoms with E-state index in [1.54, 1.807) is 25.5 Å². The van der Waals surface area contributed by atoms with E-state index in [1.807, 2.05) is 0 Å². The van der Waals surface area contributed by atoms with Crippen LogP contribution in [0.5, 0.6) is 0 Å². The van der Waals surface area contributed by atoms with Crippen LogP contribution in [-0.4, -0.2) is 25.0 Å². The smallest absolute Gasteiger partial charge is 0.421 e. The summed E-state index contributed by atoms with van der Waals surface area (Å²) in [6.07, 6.45) is -0.585. The number of hydrogen-bond donors (Lipinski definition) is 1. The third-order valence-electron chi connectivity index (χ3n) is 2.80. The highest BCUT2D eigenvalue weighted by Gasteiger charge is 2.25. The average molecular weight is 316 g/mol. The van der Waals surface area contributed by atoms with E-state index in [4.69, 9.17) is 4.74 Å². The fourth-order valence-corrected chi connectivity index (χ4v) is 2.13. The molecule has 9 heteroatoms. The summed E-state index contributed by atoms with van der Waals surface area (Å²) in [4.78, 5) is 21.1. The Hall–Kier alpha value is -2.16. The summed E-state index contributed by atoms with van der Waals surface area (Å²) in [5, 5.41) is 10.5. The van der Waals surface area contributed by atoms with Crippen LogP contribution in [0, 0.1) is 10.1 Å². The second kappa shape index (κ2) is 6.08. The largest absolute Gasteiger partial charge is 0.443 e. The van der Waals surface area contributed by atoms with E-state index < -0.39 is 26.6 Å². The molecule has 0 spiro atoms. The highest BCUT2D eigenvalue weighted by Crippen LogP contribution is 2.17. The van der Waals surface area contributed by atoms with E-state index in [0.29, 0.717) is 6.42 Å². The lowest BCUT2D eigenvalue weighted by Gasteiger charge is -2.23. The van der Waals surface area contributed by atoms with Crippen LogP contribution in [0.3, 0.4) is 0 Å². The van der Waals surface area contributed by atoms with E-state index in [1.165, 1.54) is 0 Å². The molecule has 0 aliphatic carbocycles. The number of nitro benzene ring substituents is 1. The van der Waals surface area contributed by atoms with Crippen LogP contribution in [-0.2, 0) is 14.8 Å². The minimum atomic E-state index is -4.13. The molecule has 8 nitrogen and oxygen atoms in total. The van der Waals surface area contributed by atoms with Crippen molar-refractivity contribution >= 4 is 21.8 Å². The number of benzene rings is 1. The predicted molar refractivity (Wildman–Crippen MR) is 74.3 cm³/mol. The molecule has 0 saturated carbocycles. The Bertz CT molecular complexity index is 636. The van der Waals surface area contributed by atoms with E-state index in [2.05, 4.69) is 0 Å². The zero-order valence-corrected chi connectivity index (χ0v) is 12.6. The van der Waals surface area contributed by atoms with Gasteiger partial charge in [0.05, 0.1) is 9.82 Å². The third-order valence-corrected chi connectivity index (χ3v) is 4.12. The zero-order chi connectivity index (χ0) is 16.3. The molecule has 0 radical (unpaired) electrons. The van der Waals surface area contributed by atoms with Gasteiger partial charge in [-0.15, -0.1) is 0 Å². The van der Waals surface area contributed by atoms with Crippen molar-refractivity contribution in [1.29, 1.82) is 0 Å². The van der Waals surface area contributed by atoms with Crippen molar-refractivity contribution < 1.29 is 22.9 Å². The van der Waals surface area contributed by atoms with Crippen LogP contribution in [0.4, 0.5) is 10.5 Å². The third kappa shape index (κ3) is 4.71.